The first-order chi connectivity index (χ1) is 18.3. The van der Waals surface area contributed by atoms with E-state index >= 15 is 0 Å². The van der Waals surface area contributed by atoms with E-state index in [0.29, 0.717) is 30.0 Å². The van der Waals surface area contributed by atoms with Crippen LogP contribution in [0.3, 0.4) is 0 Å². The summed E-state index contributed by atoms with van der Waals surface area (Å²) in [5.41, 5.74) is -0.00514. The summed E-state index contributed by atoms with van der Waals surface area (Å²) in [4.78, 5) is 14.2. The highest BCUT2D eigenvalue weighted by molar-refractivity contribution is 7.92. The van der Waals surface area contributed by atoms with Crippen LogP contribution in [-0.2, 0) is 20.8 Å². The highest BCUT2D eigenvalue weighted by atomic mass is 32.2. The molecule has 5 rings (SSSR count). The largest absolute Gasteiger partial charge is 0.417 e. The third-order valence-corrected chi connectivity index (χ3v) is 9.37. The van der Waals surface area contributed by atoms with Crippen molar-refractivity contribution < 1.29 is 26.4 Å². The number of nitrogens with one attached hydrogen (secondary N) is 1. The minimum Gasteiger partial charge on any atom is -0.343 e. The Bertz CT molecular complexity index is 1590. The maximum atomic E-state index is 13.7. The minimum atomic E-state index is -4.87. The molecule has 0 bridgehead atoms. The van der Waals surface area contributed by atoms with Crippen molar-refractivity contribution in [1.82, 2.24) is 15.1 Å². The molecule has 1 aliphatic carbocycles. The fourth-order valence-corrected chi connectivity index (χ4v) is 6.91. The van der Waals surface area contributed by atoms with Crippen LogP contribution in [0.5, 0.6) is 0 Å². The van der Waals surface area contributed by atoms with Crippen LogP contribution in [0.4, 0.5) is 19.0 Å². The Morgan fingerprint density at radius 1 is 1.13 bits per heavy atom. The van der Waals surface area contributed by atoms with Crippen LogP contribution in [0.1, 0.15) is 36.1 Å². The summed E-state index contributed by atoms with van der Waals surface area (Å²) in [7, 11) is -4.51. The average Bonchev–Trinajstić information content (AvgIpc) is 3.32. The Morgan fingerprint density at radius 3 is 2.49 bits per heavy atom. The lowest BCUT2D eigenvalue weighted by Gasteiger charge is -2.27. The lowest BCUT2D eigenvalue weighted by Crippen LogP contribution is -2.48. The lowest BCUT2D eigenvalue weighted by atomic mass is 10.1. The summed E-state index contributed by atoms with van der Waals surface area (Å²) in [5.74, 6) is -0.118. The molecule has 2 heterocycles. The first-order valence-corrected chi connectivity index (χ1v) is 13.9. The second-order valence-electron chi connectivity index (χ2n) is 10.1. The van der Waals surface area contributed by atoms with Crippen LogP contribution in [0, 0.1) is 25.2 Å². The number of sulfone groups is 1. The number of carbonyl (C=O) groups excluding carboxylic acids is 1. The van der Waals surface area contributed by atoms with Gasteiger partial charge in [0.25, 0.3) is 0 Å². The van der Waals surface area contributed by atoms with Gasteiger partial charge in [-0.1, -0.05) is 24.3 Å². The standard InChI is InChI=1S/C27H26F3N5O3S/c1-17-6-5-7-19(12-17)35-24(13-18(2)33-35)34-15-20(14-22(34)25(36)32-26(16-31)10-11-26)39(37,38)23-9-4-3-8-21(23)27(28,29)30/h3-9,12-13,20,22H,10-11,14-15H2,1-2H3,(H,32,36)/t20-,22+/m1/s1. The Morgan fingerprint density at radius 2 is 1.85 bits per heavy atom. The van der Waals surface area contributed by atoms with Crippen LogP contribution >= 0.6 is 0 Å². The van der Waals surface area contributed by atoms with Crippen molar-refractivity contribution in [3.05, 3.63) is 71.4 Å². The number of halogens is 3. The molecule has 39 heavy (non-hydrogen) atoms. The van der Waals surface area contributed by atoms with Crippen LogP contribution in [0.15, 0.2) is 59.5 Å². The van der Waals surface area contributed by atoms with Crippen molar-refractivity contribution in [2.45, 2.75) is 61.0 Å². The maximum absolute atomic E-state index is 13.7. The van der Waals surface area contributed by atoms with Crippen molar-refractivity contribution in [3.63, 3.8) is 0 Å². The Hall–Kier alpha value is -3.85. The Balaban J connectivity index is 1.58. The molecular formula is C27H26F3N5O3S. The van der Waals surface area contributed by atoms with Crippen LogP contribution in [-0.4, -0.2) is 47.5 Å². The monoisotopic (exact) mass is 557 g/mol. The molecule has 12 heteroatoms. The van der Waals surface area contributed by atoms with E-state index in [1.165, 1.54) is 6.07 Å². The molecule has 2 fully saturated rings. The molecule has 0 spiro atoms. The number of carbonyl (C=O) groups is 1. The topological polar surface area (TPSA) is 108 Å². The summed E-state index contributed by atoms with van der Waals surface area (Å²) < 4.78 is 70.2. The fraction of sp³-hybridized carbons (Fsp3) is 0.370. The van der Waals surface area contributed by atoms with E-state index in [9.17, 15) is 31.6 Å². The summed E-state index contributed by atoms with van der Waals surface area (Å²) in [5, 5.41) is 15.5. The van der Waals surface area contributed by atoms with Gasteiger partial charge in [0.2, 0.25) is 5.91 Å². The molecular weight excluding hydrogens is 531 g/mol. The number of nitriles is 1. The second kappa shape index (κ2) is 9.41. The molecule has 1 saturated heterocycles. The first kappa shape index (κ1) is 26.7. The smallest absolute Gasteiger partial charge is 0.343 e. The van der Waals surface area contributed by atoms with Gasteiger partial charge in [-0.05, 0) is 62.9 Å². The number of aryl methyl sites for hydroxylation is 2. The minimum absolute atomic E-state index is 0.233. The normalized spacial score (nSPS) is 20.5. The third-order valence-electron chi connectivity index (χ3n) is 7.18. The number of amides is 1. The molecule has 1 aliphatic heterocycles. The highest BCUT2D eigenvalue weighted by Crippen LogP contribution is 2.40. The predicted molar refractivity (Wildman–Crippen MR) is 137 cm³/mol. The van der Waals surface area contributed by atoms with Gasteiger partial charge in [0.15, 0.2) is 9.84 Å². The maximum Gasteiger partial charge on any atom is 0.417 e. The van der Waals surface area contributed by atoms with E-state index in [1.807, 2.05) is 31.2 Å². The summed E-state index contributed by atoms with van der Waals surface area (Å²) >= 11 is 0. The van der Waals surface area contributed by atoms with Crippen molar-refractivity contribution in [2.75, 3.05) is 11.4 Å². The predicted octanol–water partition coefficient (Wildman–Crippen LogP) is 4.10. The van der Waals surface area contributed by atoms with Crippen molar-refractivity contribution in [3.8, 4) is 11.8 Å². The number of alkyl halides is 3. The number of hydrogen-bond donors (Lipinski definition) is 1. The number of aromatic nitrogens is 2. The van der Waals surface area contributed by atoms with Gasteiger partial charge in [-0.2, -0.15) is 23.5 Å². The summed E-state index contributed by atoms with van der Waals surface area (Å²) in [6.07, 6.45) is -4.17. The van der Waals surface area contributed by atoms with Gasteiger partial charge in [-0.15, -0.1) is 0 Å². The zero-order valence-electron chi connectivity index (χ0n) is 21.2. The third kappa shape index (κ3) is 4.98. The van der Waals surface area contributed by atoms with Gasteiger partial charge in [0, 0.05) is 12.6 Å². The first-order valence-electron chi connectivity index (χ1n) is 12.4. The number of benzene rings is 2. The van der Waals surface area contributed by atoms with Crippen LogP contribution in [0.2, 0.25) is 0 Å². The van der Waals surface area contributed by atoms with E-state index in [-0.39, 0.29) is 13.0 Å². The number of anilines is 1. The molecule has 1 aromatic heterocycles. The van der Waals surface area contributed by atoms with Gasteiger partial charge in [-0.3, -0.25) is 4.79 Å². The molecule has 2 aliphatic rings. The molecule has 1 saturated carbocycles. The van der Waals surface area contributed by atoms with E-state index in [1.54, 1.807) is 22.6 Å². The molecule has 0 radical (unpaired) electrons. The molecule has 204 valence electrons. The van der Waals surface area contributed by atoms with Gasteiger partial charge in [0.05, 0.1) is 33.2 Å². The molecule has 2 atom stereocenters. The van der Waals surface area contributed by atoms with E-state index in [0.717, 1.165) is 23.8 Å². The average molecular weight is 558 g/mol. The second-order valence-corrected chi connectivity index (χ2v) is 12.3. The number of hydrogen-bond acceptors (Lipinski definition) is 6. The number of nitrogens with zero attached hydrogens (tertiary/aromatic N) is 4. The highest BCUT2D eigenvalue weighted by Gasteiger charge is 2.50. The molecule has 1 amide bonds. The number of rotatable bonds is 6. The molecule has 0 unspecified atom stereocenters. The SMILES string of the molecule is Cc1cccc(-n2nc(C)cc2N2C[C@H](S(=O)(=O)c3ccccc3C(F)(F)F)C[C@H]2C(=O)NC2(C#N)CC2)c1. The zero-order chi connectivity index (χ0) is 28.2. The van der Waals surface area contributed by atoms with Gasteiger partial charge < -0.3 is 10.2 Å². The van der Waals surface area contributed by atoms with E-state index in [2.05, 4.69) is 16.5 Å². The van der Waals surface area contributed by atoms with Crippen molar-refractivity contribution >= 4 is 21.6 Å². The molecule has 1 N–H and O–H groups in total. The molecule has 3 aromatic rings. The molecule has 8 nitrogen and oxygen atoms in total. The van der Waals surface area contributed by atoms with Crippen molar-refractivity contribution in [2.24, 2.45) is 0 Å². The van der Waals surface area contributed by atoms with Gasteiger partial charge >= 0.3 is 6.18 Å². The lowest BCUT2D eigenvalue weighted by molar-refractivity contribution is -0.139. The van der Waals surface area contributed by atoms with E-state index in [4.69, 9.17) is 0 Å². The fourth-order valence-electron chi connectivity index (χ4n) is 5.00. The van der Waals surface area contributed by atoms with Gasteiger partial charge in [-0.25, -0.2) is 13.1 Å². The van der Waals surface area contributed by atoms with E-state index < -0.39 is 49.2 Å². The molecule has 2 aromatic carbocycles. The Kier molecular flexibility index (Phi) is 6.45. The quantitative estimate of drug-likeness (QED) is 0.489. The van der Waals surface area contributed by atoms with Crippen LogP contribution < -0.4 is 10.2 Å². The summed E-state index contributed by atoms with van der Waals surface area (Å²) in [6.45, 7) is 3.43. The van der Waals surface area contributed by atoms with Crippen molar-refractivity contribution in [1.29, 1.82) is 5.26 Å². The Labute approximate surface area is 224 Å². The summed E-state index contributed by atoms with van der Waals surface area (Å²) in [6, 6.07) is 14.3. The van der Waals surface area contributed by atoms with Gasteiger partial charge in [0.1, 0.15) is 17.4 Å². The van der Waals surface area contributed by atoms with Crippen LogP contribution in [0.25, 0.3) is 5.69 Å². The zero-order valence-corrected chi connectivity index (χ0v) is 22.1.